The molecule has 2 N–H and O–H groups in total. The summed E-state index contributed by atoms with van der Waals surface area (Å²) in [6, 6.07) is 15.6. The Morgan fingerprint density at radius 1 is 0.957 bits per heavy atom. The van der Waals surface area contributed by atoms with Crippen LogP contribution in [-0.2, 0) is 11.0 Å². The minimum Gasteiger partial charge on any atom is -0.493 e. The highest BCUT2D eigenvalue weighted by Gasteiger charge is 2.45. The molecule has 2 aliphatic heterocycles. The molecule has 2 unspecified atom stereocenters. The molecule has 0 saturated carbocycles. The number of rotatable bonds is 8. The maximum absolute atomic E-state index is 14.6. The van der Waals surface area contributed by atoms with E-state index in [1.165, 1.54) is 6.07 Å². The average Bonchev–Trinajstić information content (AvgIpc) is 3.42. The van der Waals surface area contributed by atoms with Gasteiger partial charge in [-0.15, -0.1) is 0 Å². The molecule has 3 aromatic carbocycles. The lowest BCUT2D eigenvalue weighted by Gasteiger charge is -2.38. The normalized spacial score (nSPS) is 18.8. The molecule has 0 aromatic heterocycles. The maximum atomic E-state index is 14.6. The Labute approximate surface area is 275 Å². The van der Waals surface area contributed by atoms with Gasteiger partial charge in [0, 0.05) is 29.2 Å². The van der Waals surface area contributed by atoms with Crippen LogP contribution in [0.2, 0.25) is 10.0 Å². The van der Waals surface area contributed by atoms with Crippen molar-refractivity contribution in [2.75, 3.05) is 33.3 Å². The number of amides is 3. The second-order valence-electron chi connectivity index (χ2n) is 11.1. The van der Waals surface area contributed by atoms with Crippen molar-refractivity contribution in [2.24, 2.45) is 4.99 Å². The quantitative estimate of drug-likeness (QED) is 0.273. The molecule has 5 rings (SSSR count). The third-order valence-corrected chi connectivity index (χ3v) is 8.52. The van der Waals surface area contributed by atoms with E-state index < -0.39 is 23.8 Å². The molecule has 2 atom stereocenters. The van der Waals surface area contributed by atoms with Gasteiger partial charge < -0.3 is 20.3 Å². The summed E-state index contributed by atoms with van der Waals surface area (Å²) in [4.78, 5) is 35.0. The zero-order valence-electron chi connectivity index (χ0n) is 25.3. The molecule has 8 nitrogen and oxygen atoms in total. The number of likely N-dealkylation sites (tertiary alicyclic amines) is 1. The fourth-order valence-corrected chi connectivity index (χ4v) is 6.07. The Morgan fingerprint density at radius 3 is 2.13 bits per heavy atom. The average molecular weight is 677 g/mol. The largest absolute Gasteiger partial charge is 0.493 e. The molecular weight excluding hydrogens is 642 g/mol. The molecule has 0 radical (unpaired) electrons. The third-order valence-electron chi connectivity index (χ3n) is 8.01. The number of urea groups is 1. The predicted molar refractivity (Wildman–Crippen MR) is 171 cm³/mol. The highest BCUT2D eigenvalue weighted by atomic mass is 35.5. The molecule has 3 aromatic rings. The van der Waals surface area contributed by atoms with Crippen LogP contribution in [-0.4, -0.2) is 66.9 Å². The summed E-state index contributed by atoms with van der Waals surface area (Å²) >= 11 is 12.4. The van der Waals surface area contributed by atoms with E-state index in [0.29, 0.717) is 36.0 Å². The van der Waals surface area contributed by atoms with Crippen LogP contribution in [0.25, 0.3) is 0 Å². The number of carbonyl (C=O) groups is 2. The number of aliphatic imine (C=N–C) groups is 1. The van der Waals surface area contributed by atoms with Crippen LogP contribution in [0.15, 0.2) is 71.7 Å². The Morgan fingerprint density at radius 2 is 1.57 bits per heavy atom. The molecule has 2 aliphatic rings. The first-order valence-electron chi connectivity index (χ1n) is 15.0. The number of piperidine rings is 1. The minimum absolute atomic E-state index is 0.0357. The van der Waals surface area contributed by atoms with Crippen LogP contribution in [0, 0.1) is 0 Å². The summed E-state index contributed by atoms with van der Waals surface area (Å²) in [5.41, 5.74) is 0.874. The number of halogens is 5. The van der Waals surface area contributed by atoms with Crippen molar-refractivity contribution in [1.29, 1.82) is 0 Å². The van der Waals surface area contributed by atoms with Crippen molar-refractivity contribution in [3.63, 3.8) is 0 Å². The van der Waals surface area contributed by atoms with Crippen molar-refractivity contribution < 1.29 is 27.5 Å². The van der Waals surface area contributed by atoms with Gasteiger partial charge in [-0.2, -0.15) is 13.2 Å². The van der Waals surface area contributed by atoms with Crippen molar-refractivity contribution in [3.05, 3.63) is 99.0 Å². The van der Waals surface area contributed by atoms with Gasteiger partial charge in [-0.05, 0) is 80.4 Å². The number of benzene rings is 3. The number of carbonyl (C=O) groups excluding carboxylic acids is 2. The maximum Gasteiger partial charge on any atom is 0.416 e. The second-order valence-corrected chi connectivity index (χ2v) is 12.0. The molecule has 0 aliphatic carbocycles. The van der Waals surface area contributed by atoms with E-state index >= 15 is 0 Å². The number of alkyl halides is 3. The van der Waals surface area contributed by atoms with E-state index in [1.54, 1.807) is 48.0 Å². The standard InChI is InChI=1S/C33H34Cl2F3N5O3/c1-3-46-27-18-22(33(36,37)38)8-13-26(27)31-41-29(20-4-9-23(34)10-5-20)30(21-6-11-24(35)12-7-21)43(31)32(45)42-16-14-25(15-17-42)40-28(44)19-39-2/h4-13,18,25,29-30,39H,3,14-17,19H2,1-2H3,(H,40,44). The summed E-state index contributed by atoms with van der Waals surface area (Å²) in [5.74, 6) is 0.0265. The molecule has 0 bridgehead atoms. The smallest absolute Gasteiger partial charge is 0.416 e. The number of nitrogens with zero attached hydrogens (tertiary/aromatic N) is 3. The minimum atomic E-state index is -4.60. The van der Waals surface area contributed by atoms with Gasteiger partial charge in [-0.3, -0.25) is 14.7 Å². The predicted octanol–water partition coefficient (Wildman–Crippen LogP) is 6.88. The Kier molecular flexibility index (Phi) is 10.4. The van der Waals surface area contributed by atoms with Gasteiger partial charge in [-0.1, -0.05) is 47.5 Å². The second kappa shape index (κ2) is 14.3. The fraction of sp³-hybridized carbons (Fsp3) is 0.364. The van der Waals surface area contributed by atoms with Crippen molar-refractivity contribution in [3.8, 4) is 5.75 Å². The Hall–Kier alpha value is -3.80. The molecule has 1 saturated heterocycles. The number of ether oxygens (including phenoxy) is 1. The van der Waals surface area contributed by atoms with Gasteiger partial charge in [0.1, 0.15) is 17.6 Å². The first kappa shape index (κ1) is 33.6. The number of hydrogen-bond acceptors (Lipinski definition) is 5. The molecule has 13 heteroatoms. The lowest BCUT2D eigenvalue weighted by atomic mass is 9.93. The monoisotopic (exact) mass is 675 g/mol. The van der Waals surface area contributed by atoms with Gasteiger partial charge >= 0.3 is 12.2 Å². The van der Waals surface area contributed by atoms with Gasteiger partial charge in [0.25, 0.3) is 0 Å². The zero-order chi connectivity index (χ0) is 33.0. The number of likely N-dealkylation sites (N-methyl/N-ethyl adjacent to an activating group) is 1. The van der Waals surface area contributed by atoms with Crippen molar-refractivity contribution >= 4 is 41.0 Å². The number of amidine groups is 1. The van der Waals surface area contributed by atoms with E-state index in [4.69, 9.17) is 32.9 Å². The summed E-state index contributed by atoms with van der Waals surface area (Å²) < 4.78 is 47.0. The van der Waals surface area contributed by atoms with E-state index in [2.05, 4.69) is 10.6 Å². The topological polar surface area (TPSA) is 86.3 Å². The third kappa shape index (κ3) is 7.43. The van der Waals surface area contributed by atoms with Gasteiger partial charge in [0.15, 0.2) is 0 Å². The lowest BCUT2D eigenvalue weighted by molar-refractivity contribution is -0.137. The molecule has 0 spiro atoms. The van der Waals surface area contributed by atoms with Crippen LogP contribution in [0.5, 0.6) is 5.75 Å². The van der Waals surface area contributed by atoms with Crippen LogP contribution in [0.1, 0.15) is 54.1 Å². The van der Waals surface area contributed by atoms with Crippen molar-refractivity contribution in [1.82, 2.24) is 20.4 Å². The Balaban J connectivity index is 1.60. The van der Waals surface area contributed by atoms with Gasteiger partial charge in [-0.25, -0.2) is 4.79 Å². The molecule has 244 valence electrons. The van der Waals surface area contributed by atoms with E-state index in [1.807, 2.05) is 24.3 Å². The van der Waals surface area contributed by atoms with Crippen LogP contribution in [0.4, 0.5) is 18.0 Å². The summed E-state index contributed by atoms with van der Waals surface area (Å²) in [6.45, 7) is 2.69. The lowest BCUT2D eigenvalue weighted by Crippen LogP contribution is -2.52. The SMILES string of the molecule is CCOc1cc(C(F)(F)F)ccc1C1=NC(c2ccc(Cl)cc2)C(c2ccc(Cl)cc2)N1C(=O)N1CCC(NC(=O)CNC)CC1. The Bertz CT molecular complexity index is 1580. The van der Waals surface area contributed by atoms with E-state index in [0.717, 1.165) is 23.3 Å². The van der Waals surface area contributed by atoms with Crippen LogP contribution >= 0.6 is 23.2 Å². The summed E-state index contributed by atoms with van der Waals surface area (Å²) in [5, 5.41) is 6.84. The van der Waals surface area contributed by atoms with Crippen LogP contribution in [0.3, 0.4) is 0 Å². The zero-order valence-corrected chi connectivity index (χ0v) is 26.8. The molecule has 2 heterocycles. The molecule has 1 fully saturated rings. The van der Waals surface area contributed by atoms with Gasteiger partial charge in [0.2, 0.25) is 5.91 Å². The van der Waals surface area contributed by atoms with E-state index in [-0.39, 0.29) is 48.3 Å². The van der Waals surface area contributed by atoms with E-state index in [9.17, 15) is 22.8 Å². The summed E-state index contributed by atoms with van der Waals surface area (Å²) in [7, 11) is 1.69. The molecule has 46 heavy (non-hydrogen) atoms. The number of nitrogens with one attached hydrogen (secondary N) is 2. The number of hydrogen-bond donors (Lipinski definition) is 2. The highest BCUT2D eigenvalue weighted by molar-refractivity contribution is 6.30. The fourth-order valence-electron chi connectivity index (χ4n) is 5.82. The molecular formula is C33H34Cl2F3N5O3. The van der Waals surface area contributed by atoms with Crippen molar-refractivity contribution in [2.45, 2.75) is 44.1 Å². The van der Waals surface area contributed by atoms with Crippen LogP contribution < -0.4 is 15.4 Å². The van der Waals surface area contributed by atoms with Gasteiger partial charge in [0.05, 0.1) is 30.3 Å². The first-order chi connectivity index (χ1) is 22.0. The highest BCUT2D eigenvalue weighted by Crippen LogP contribution is 2.46. The summed E-state index contributed by atoms with van der Waals surface area (Å²) in [6.07, 6.45) is -3.52. The molecule has 3 amide bonds. The first-order valence-corrected chi connectivity index (χ1v) is 15.7.